The second-order valence-electron chi connectivity index (χ2n) is 14.5. The highest BCUT2D eigenvalue weighted by Gasteiger charge is 2.39. The van der Waals surface area contributed by atoms with Crippen LogP contribution in [-0.4, -0.2) is 71.7 Å². The first-order valence-electron chi connectivity index (χ1n) is 21.3. The number of carbonyl (C=O) groups is 4. The second-order valence-corrected chi connectivity index (χ2v) is 14.5. The van der Waals surface area contributed by atoms with Gasteiger partial charge in [-0.15, -0.1) is 0 Å². The van der Waals surface area contributed by atoms with Gasteiger partial charge in [0.1, 0.15) is 25.4 Å². The number of carbonyl (C=O) groups excluding carboxylic acids is 4. The molecule has 0 aromatic carbocycles. The van der Waals surface area contributed by atoms with Gasteiger partial charge in [-0.3, -0.25) is 19.2 Å². The fourth-order valence-electron chi connectivity index (χ4n) is 6.02. The molecule has 0 aliphatic rings. The summed E-state index contributed by atoms with van der Waals surface area (Å²) < 4.78 is 22.1. The molecule has 10 nitrogen and oxygen atoms in total. The first kappa shape index (κ1) is 49.8. The fraction of sp³-hybridized carbons (Fsp3) is 0.905. The molecule has 0 unspecified atom stereocenters. The molecule has 0 saturated heterocycles. The van der Waals surface area contributed by atoms with Crippen molar-refractivity contribution in [2.45, 2.75) is 232 Å². The van der Waals surface area contributed by atoms with Gasteiger partial charge in [0.25, 0.3) is 0 Å². The van der Waals surface area contributed by atoms with Crippen LogP contribution in [0.1, 0.15) is 207 Å². The number of unbranched alkanes of at least 4 members (excludes halogenated alkanes) is 20. The van der Waals surface area contributed by atoms with E-state index in [0.717, 1.165) is 128 Å². The molecule has 0 radical (unpaired) electrons. The minimum absolute atomic E-state index is 0.0790. The van der Waals surface area contributed by atoms with E-state index in [2.05, 4.69) is 27.7 Å². The SMILES string of the molecule is CCCCCCCCC(=O)OC[C@H](O)[C@@H](OC(=O)CCCCCCCC)[C@H](O)[C@@H](COC(=O)CCCCCCCC)OC(=O)CCCCCCCC. The molecule has 10 heteroatoms. The van der Waals surface area contributed by atoms with E-state index >= 15 is 0 Å². The van der Waals surface area contributed by atoms with Crippen molar-refractivity contribution in [3.05, 3.63) is 0 Å². The third-order valence-corrected chi connectivity index (χ3v) is 9.41. The van der Waals surface area contributed by atoms with Crippen LogP contribution in [0.2, 0.25) is 0 Å². The number of aliphatic hydroxyl groups is 2. The summed E-state index contributed by atoms with van der Waals surface area (Å²) in [5, 5.41) is 22.7. The van der Waals surface area contributed by atoms with Crippen LogP contribution in [0, 0.1) is 0 Å². The lowest BCUT2D eigenvalue weighted by Crippen LogP contribution is -2.51. The lowest BCUT2D eigenvalue weighted by atomic mass is 10.0. The molecule has 0 heterocycles. The van der Waals surface area contributed by atoms with Crippen molar-refractivity contribution >= 4 is 23.9 Å². The summed E-state index contributed by atoms with van der Waals surface area (Å²) in [6, 6.07) is 0. The molecule has 2 N–H and O–H groups in total. The number of esters is 4. The summed E-state index contributed by atoms with van der Waals surface area (Å²) in [6.07, 6.45) is 17.8. The summed E-state index contributed by atoms with van der Waals surface area (Å²) in [5.41, 5.74) is 0. The molecule has 306 valence electrons. The Bertz CT molecular complexity index is 879. The van der Waals surface area contributed by atoms with Crippen LogP contribution < -0.4 is 0 Å². The average molecular weight is 743 g/mol. The topological polar surface area (TPSA) is 146 Å². The number of ether oxygens (including phenoxy) is 4. The summed E-state index contributed by atoms with van der Waals surface area (Å²) in [5.74, 6) is -2.19. The maximum absolute atomic E-state index is 13.0. The molecular weight excluding hydrogens is 664 g/mol. The number of hydrogen-bond acceptors (Lipinski definition) is 10. The third kappa shape index (κ3) is 29.3. The van der Waals surface area contributed by atoms with Gasteiger partial charge in [0, 0.05) is 25.7 Å². The van der Waals surface area contributed by atoms with Crippen LogP contribution in [0.15, 0.2) is 0 Å². The van der Waals surface area contributed by atoms with E-state index in [0.29, 0.717) is 25.7 Å². The van der Waals surface area contributed by atoms with E-state index in [1.165, 1.54) is 0 Å². The monoisotopic (exact) mass is 743 g/mol. The number of hydrogen-bond donors (Lipinski definition) is 2. The van der Waals surface area contributed by atoms with Crippen molar-refractivity contribution in [3.8, 4) is 0 Å². The second kappa shape index (κ2) is 35.8. The van der Waals surface area contributed by atoms with Crippen LogP contribution in [0.25, 0.3) is 0 Å². The van der Waals surface area contributed by atoms with Gasteiger partial charge in [-0.05, 0) is 25.7 Å². The predicted molar refractivity (Wildman–Crippen MR) is 206 cm³/mol. The number of rotatable bonds is 37. The van der Waals surface area contributed by atoms with E-state index < -0.39 is 61.5 Å². The molecule has 0 aliphatic heterocycles. The Morgan fingerprint density at radius 1 is 0.404 bits per heavy atom. The molecule has 0 saturated carbocycles. The van der Waals surface area contributed by atoms with Crippen molar-refractivity contribution in [1.82, 2.24) is 0 Å². The van der Waals surface area contributed by atoms with Gasteiger partial charge in [0.2, 0.25) is 0 Å². The van der Waals surface area contributed by atoms with Gasteiger partial charge in [-0.1, -0.05) is 156 Å². The molecule has 0 aromatic heterocycles. The summed E-state index contributed by atoms with van der Waals surface area (Å²) >= 11 is 0. The Morgan fingerprint density at radius 2 is 0.712 bits per heavy atom. The van der Waals surface area contributed by atoms with Crippen LogP contribution in [0.4, 0.5) is 0 Å². The first-order chi connectivity index (χ1) is 25.2. The van der Waals surface area contributed by atoms with Gasteiger partial charge < -0.3 is 29.2 Å². The van der Waals surface area contributed by atoms with E-state index in [1.807, 2.05) is 0 Å². The molecule has 0 aliphatic carbocycles. The molecular formula is C42H78O10. The zero-order chi connectivity index (χ0) is 38.7. The Kier molecular flexibility index (Phi) is 34.3. The van der Waals surface area contributed by atoms with Crippen molar-refractivity contribution in [3.63, 3.8) is 0 Å². The maximum atomic E-state index is 13.0. The molecule has 0 fully saturated rings. The summed E-state index contributed by atoms with van der Waals surface area (Å²) in [6.45, 7) is 7.58. The van der Waals surface area contributed by atoms with Crippen molar-refractivity contribution < 1.29 is 48.3 Å². The maximum Gasteiger partial charge on any atom is 0.306 e. The molecule has 52 heavy (non-hydrogen) atoms. The standard InChI is InChI=1S/C42H78O10/c1-5-9-13-17-21-25-29-37(44)49-33-35(43)42(52-40(47)32-28-24-20-16-12-8-4)41(48)36(51-39(46)31-27-23-19-15-11-7-3)34-50-38(45)30-26-22-18-14-10-6-2/h35-36,41-43,48H,5-34H2,1-4H3/t35-,36+,41+,42+/m0/s1. The predicted octanol–water partition coefficient (Wildman–Crippen LogP) is 9.62. The van der Waals surface area contributed by atoms with Gasteiger partial charge >= 0.3 is 23.9 Å². The van der Waals surface area contributed by atoms with Crippen LogP contribution in [-0.2, 0) is 38.1 Å². The third-order valence-electron chi connectivity index (χ3n) is 9.41. The molecule has 0 spiro atoms. The molecule has 0 rings (SSSR count). The zero-order valence-corrected chi connectivity index (χ0v) is 33.7. The van der Waals surface area contributed by atoms with Crippen LogP contribution >= 0.6 is 0 Å². The highest BCUT2D eigenvalue weighted by molar-refractivity contribution is 5.71. The molecule has 0 amide bonds. The normalized spacial score (nSPS) is 13.6. The Labute approximate surface area is 316 Å². The minimum atomic E-state index is -1.74. The van der Waals surface area contributed by atoms with Gasteiger partial charge in [-0.2, -0.15) is 0 Å². The van der Waals surface area contributed by atoms with Gasteiger partial charge in [-0.25, -0.2) is 0 Å². The van der Waals surface area contributed by atoms with E-state index in [-0.39, 0.29) is 25.7 Å². The van der Waals surface area contributed by atoms with E-state index in [9.17, 15) is 29.4 Å². The van der Waals surface area contributed by atoms with E-state index in [4.69, 9.17) is 18.9 Å². The number of aliphatic hydroxyl groups excluding tert-OH is 2. The Hall–Kier alpha value is -2.20. The fourth-order valence-corrected chi connectivity index (χ4v) is 6.02. The lowest BCUT2D eigenvalue weighted by molar-refractivity contribution is -0.192. The Morgan fingerprint density at radius 3 is 1.10 bits per heavy atom. The first-order valence-corrected chi connectivity index (χ1v) is 21.3. The Balaban J connectivity index is 5.63. The summed E-state index contributed by atoms with van der Waals surface area (Å²) in [4.78, 5) is 51.0. The van der Waals surface area contributed by atoms with Gasteiger partial charge in [0.05, 0.1) is 0 Å². The molecule has 0 aromatic rings. The van der Waals surface area contributed by atoms with Crippen molar-refractivity contribution in [1.29, 1.82) is 0 Å². The molecule has 0 bridgehead atoms. The van der Waals surface area contributed by atoms with Crippen molar-refractivity contribution in [2.75, 3.05) is 13.2 Å². The van der Waals surface area contributed by atoms with Crippen LogP contribution in [0.5, 0.6) is 0 Å². The zero-order valence-electron chi connectivity index (χ0n) is 33.7. The van der Waals surface area contributed by atoms with Crippen molar-refractivity contribution in [2.24, 2.45) is 0 Å². The van der Waals surface area contributed by atoms with E-state index in [1.54, 1.807) is 0 Å². The average Bonchev–Trinajstić information content (AvgIpc) is 3.13. The van der Waals surface area contributed by atoms with Gasteiger partial charge in [0.15, 0.2) is 12.2 Å². The smallest absolute Gasteiger partial charge is 0.306 e. The highest BCUT2D eigenvalue weighted by Crippen LogP contribution is 2.19. The summed E-state index contributed by atoms with van der Waals surface area (Å²) in [7, 11) is 0. The molecule has 4 atom stereocenters. The highest BCUT2D eigenvalue weighted by atomic mass is 16.6. The van der Waals surface area contributed by atoms with Crippen LogP contribution in [0.3, 0.4) is 0 Å². The largest absolute Gasteiger partial charge is 0.463 e. The quantitative estimate of drug-likeness (QED) is 0.0358. The lowest BCUT2D eigenvalue weighted by Gasteiger charge is -2.32. The minimum Gasteiger partial charge on any atom is -0.463 e.